The normalized spacial score (nSPS) is 16.6. The molecule has 0 radical (unpaired) electrons. The molecule has 0 saturated heterocycles. The second-order valence-corrected chi connectivity index (χ2v) is 4.03. The third-order valence-corrected chi connectivity index (χ3v) is 2.82. The lowest BCUT2D eigenvalue weighted by molar-refractivity contribution is -0.386. The lowest BCUT2D eigenvalue weighted by atomic mass is 10.2. The number of nitro groups is 1. The Labute approximate surface area is 97.9 Å². The number of aromatic nitrogens is 1. The second kappa shape index (κ2) is 4.50. The van der Waals surface area contributed by atoms with Crippen LogP contribution in [0.2, 0.25) is 0 Å². The molecule has 0 bridgehead atoms. The van der Waals surface area contributed by atoms with Crippen molar-refractivity contribution in [2.75, 3.05) is 20.1 Å². The van der Waals surface area contributed by atoms with Crippen LogP contribution in [0.1, 0.15) is 6.42 Å². The average molecular weight is 235 g/mol. The third kappa shape index (κ3) is 2.26. The van der Waals surface area contributed by atoms with Crippen molar-refractivity contribution in [1.82, 2.24) is 9.47 Å². The van der Waals surface area contributed by atoms with E-state index in [1.54, 1.807) is 6.20 Å². The molecule has 0 aromatic carbocycles. The monoisotopic (exact) mass is 235 g/mol. The summed E-state index contributed by atoms with van der Waals surface area (Å²) in [6.07, 6.45) is 4.22. The predicted octanol–water partition coefficient (Wildman–Crippen LogP) is 0.933. The fraction of sp³-hybridized carbons (Fsp3) is 0.364. The highest BCUT2D eigenvalue weighted by molar-refractivity contribution is 5.48. The van der Waals surface area contributed by atoms with Gasteiger partial charge in [-0.3, -0.25) is 19.5 Å². The van der Waals surface area contributed by atoms with Gasteiger partial charge in [-0.2, -0.15) is 0 Å². The van der Waals surface area contributed by atoms with E-state index in [4.69, 9.17) is 0 Å². The Kier molecular flexibility index (Phi) is 3.06. The zero-order chi connectivity index (χ0) is 12.4. The van der Waals surface area contributed by atoms with Crippen molar-refractivity contribution >= 4 is 11.4 Å². The molecule has 1 aliphatic rings. The van der Waals surface area contributed by atoms with Crippen LogP contribution in [0.3, 0.4) is 0 Å². The molecule has 0 atom stereocenters. The van der Waals surface area contributed by atoms with Gasteiger partial charge in [0.2, 0.25) is 0 Å². The third-order valence-electron chi connectivity index (χ3n) is 2.82. The van der Waals surface area contributed by atoms with Crippen molar-refractivity contribution in [2.45, 2.75) is 6.42 Å². The maximum Gasteiger partial charge on any atom is 0.334 e. The highest BCUT2D eigenvalue weighted by Crippen LogP contribution is 2.14. The molecule has 90 valence electrons. The first-order chi connectivity index (χ1) is 8.09. The van der Waals surface area contributed by atoms with Gasteiger partial charge in [0.05, 0.1) is 4.92 Å². The summed E-state index contributed by atoms with van der Waals surface area (Å²) in [6.45, 7) is 1.60. The zero-order valence-electron chi connectivity index (χ0n) is 9.50. The van der Waals surface area contributed by atoms with Crippen LogP contribution in [0.4, 0.5) is 5.69 Å². The van der Waals surface area contributed by atoms with Gasteiger partial charge in [-0.25, -0.2) is 0 Å². The molecule has 2 heterocycles. The quantitative estimate of drug-likeness (QED) is 0.565. The minimum Gasteiger partial charge on any atom is -0.302 e. The van der Waals surface area contributed by atoms with Crippen molar-refractivity contribution in [2.24, 2.45) is 0 Å². The Morgan fingerprint density at radius 3 is 2.82 bits per heavy atom. The van der Waals surface area contributed by atoms with Gasteiger partial charge in [0.15, 0.2) is 0 Å². The summed E-state index contributed by atoms with van der Waals surface area (Å²) in [5, 5.41) is 10.7. The van der Waals surface area contributed by atoms with E-state index in [1.165, 1.54) is 16.7 Å². The number of likely N-dealkylation sites (N-methyl/N-ethyl adjacent to an activating group) is 1. The fourth-order valence-corrected chi connectivity index (χ4v) is 1.83. The van der Waals surface area contributed by atoms with Crippen LogP contribution in [0.25, 0.3) is 5.70 Å². The molecule has 6 heteroatoms. The van der Waals surface area contributed by atoms with Gasteiger partial charge in [-0.05, 0) is 13.1 Å². The first-order valence-electron chi connectivity index (χ1n) is 5.33. The molecule has 0 saturated carbocycles. The van der Waals surface area contributed by atoms with Gasteiger partial charge in [0.1, 0.15) is 0 Å². The van der Waals surface area contributed by atoms with Crippen LogP contribution in [-0.2, 0) is 0 Å². The summed E-state index contributed by atoms with van der Waals surface area (Å²) in [4.78, 5) is 24.0. The van der Waals surface area contributed by atoms with Gasteiger partial charge in [0.25, 0.3) is 0 Å². The number of pyridine rings is 1. The van der Waals surface area contributed by atoms with Crippen molar-refractivity contribution in [3.05, 3.63) is 44.9 Å². The summed E-state index contributed by atoms with van der Waals surface area (Å²) in [5.41, 5.74) is -0.113. The van der Waals surface area contributed by atoms with Gasteiger partial charge in [0, 0.05) is 37.5 Å². The van der Waals surface area contributed by atoms with Crippen molar-refractivity contribution in [3.8, 4) is 0 Å². The first-order valence-corrected chi connectivity index (χ1v) is 5.33. The molecule has 0 amide bonds. The average Bonchev–Trinajstić information content (AvgIpc) is 2.30. The summed E-state index contributed by atoms with van der Waals surface area (Å²) >= 11 is 0. The molecule has 1 aromatic heterocycles. The molecule has 0 N–H and O–H groups in total. The second-order valence-electron chi connectivity index (χ2n) is 4.03. The lowest BCUT2D eigenvalue weighted by Crippen LogP contribution is -2.29. The Morgan fingerprint density at radius 1 is 1.47 bits per heavy atom. The highest BCUT2D eigenvalue weighted by atomic mass is 16.6. The zero-order valence-corrected chi connectivity index (χ0v) is 9.50. The van der Waals surface area contributed by atoms with Gasteiger partial charge in [-0.15, -0.1) is 0 Å². The van der Waals surface area contributed by atoms with Crippen LogP contribution in [0, 0.1) is 10.1 Å². The van der Waals surface area contributed by atoms with E-state index in [0.717, 1.165) is 25.2 Å². The van der Waals surface area contributed by atoms with Crippen LogP contribution in [0.15, 0.2) is 29.2 Å². The van der Waals surface area contributed by atoms with Crippen molar-refractivity contribution < 1.29 is 4.92 Å². The molecule has 17 heavy (non-hydrogen) atoms. The molecule has 0 fully saturated rings. The highest BCUT2D eigenvalue weighted by Gasteiger charge is 2.17. The maximum atomic E-state index is 11.9. The number of rotatable bonds is 2. The number of hydrogen-bond acceptors (Lipinski definition) is 4. The Bertz CT molecular complexity index is 533. The minimum absolute atomic E-state index is 0.382. The molecule has 6 nitrogen and oxygen atoms in total. The summed E-state index contributed by atoms with van der Waals surface area (Å²) < 4.78 is 1.37. The number of hydrogen-bond donors (Lipinski definition) is 0. The van der Waals surface area contributed by atoms with E-state index in [0.29, 0.717) is 0 Å². The van der Waals surface area contributed by atoms with E-state index in [2.05, 4.69) is 4.90 Å². The maximum absolute atomic E-state index is 11.9. The Morgan fingerprint density at radius 2 is 2.24 bits per heavy atom. The number of nitrogens with zero attached hydrogens (tertiary/aromatic N) is 3. The van der Waals surface area contributed by atoms with Crippen LogP contribution in [0.5, 0.6) is 0 Å². The van der Waals surface area contributed by atoms with E-state index in [9.17, 15) is 14.9 Å². The van der Waals surface area contributed by atoms with E-state index < -0.39 is 10.5 Å². The lowest BCUT2D eigenvalue weighted by Gasteiger charge is -2.22. The topological polar surface area (TPSA) is 68.4 Å². The molecule has 0 unspecified atom stereocenters. The summed E-state index contributed by atoms with van der Waals surface area (Å²) in [7, 11) is 1.99. The SMILES string of the molecule is CN1CC=C(n2cccc([N+](=O)[O-])c2=O)CC1. The molecule has 0 spiro atoms. The standard InChI is InChI=1S/C11H13N3O3/c1-12-7-4-9(5-8-12)13-6-2-3-10(11(13)15)14(16)17/h2-4,6H,5,7-8H2,1H3. The van der Waals surface area contributed by atoms with Gasteiger partial charge >= 0.3 is 11.2 Å². The molecule has 1 aliphatic heterocycles. The first kappa shape index (κ1) is 11.5. The smallest absolute Gasteiger partial charge is 0.302 e. The Balaban J connectivity index is 2.44. The molecule has 2 rings (SSSR count). The summed E-state index contributed by atoms with van der Waals surface area (Å²) in [6, 6.07) is 2.76. The van der Waals surface area contributed by atoms with E-state index >= 15 is 0 Å². The Hall–Kier alpha value is -1.95. The molecular weight excluding hydrogens is 222 g/mol. The van der Waals surface area contributed by atoms with Crippen LogP contribution >= 0.6 is 0 Å². The van der Waals surface area contributed by atoms with Crippen molar-refractivity contribution in [1.29, 1.82) is 0 Å². The van der Waals surface area contributed by atoms with Crippen molar-refractivity contribution in [3.63, 3.8) is 0 Å². The van der Waals surface area contributed by atoms with Gasteiger partial charge < -0.3 is 4.90 Å². The van der Waals surface area contributed by atoms with Crippen LogP contribution < -0.4 is 5.56 Å². The molecule has 1 aromatic rings. The van der Waals surface area contributed by atoms with Gasteiger partial charge in [-0.1, -0.05) is 6.08 Å². The largest absolute Gasteiger partial charge is 0.334 e. The fourth-order valence-electron chi connectivity index (χ4n) is 1.83. The van der Waals surface area contributed by atoms with E-state index in [-0.39, 0.29) is 5.69 Å². The molecular formula is C11H13N3O3. The van der Waals surface area contributed by atoms with E-state index in [1.807, 2.05) is 13.1 Å². The summed E-state index contributed by atoms with van der Waals surface area (Å²) in [5.74, 6) is 0. The molecule has 0 aliphatic carbocycles. The predicted molar refractivity (Wildman–Crippen MR) is 63.7 cm³/mol. The van der Waals surface area contributed by atoms with Crippen LogP contribution in [-0.4, -0.2) is 34.5 Å². The minimum atomic E-state index is -0.644.